The van der Waals surface area contributed by atoms with Gasteiger partial charge in [-0.3, -0.25) is 4.79 Å². The van der Waals surface area contributed by atoms with Gasteiger partial charge in [0.1, 0.15) is 17.2 Å². The summed E-state index contributed by atoms with van der Waals surface area (Å²) in [6, 6.07) is 7.88. The minimum atomic E-state index is -0.362. The first-order valence-corrected chi connectivity index (χ1v) is 6.69. The molecule has 2 rings (SSSR count). The van der Waals surface area contributed by atoms with Crippen LogP contribution in [0.15, 0.2) is 35.1 Å². The van der Waals surface area contributed by atoms with E-state index in [1.54, 1.807) is 25.1 Å². The molecule has 5 heteroatoms. The lowest BCUT2D eigenvalue weighted by Gasteiger charge is -2.12. The Labute approximate surface area is 117 Å². The normalized spacial score (nSPS) is 10.8. The first-order valence-electron chi connectivity index (χ1n) is 6.69. The molecule has 0 aliphatic rings. The van der Waals surface area contributed by atoms with Crippen molar-refractivity contribution in [2.45, 2.75) is 26.8 Å². The molecule has 2 aromatic rings. The Morgan fingerprint density at radius 1 is 1.35 bits per heavy atom. The third kappa shape index (κ3) is 3.11. The lowest BCUT2D eigenvalue weighted by molar-refractivity contribution is 0.594. The fraction of sp³-hybridized carbons (Fsp3) is 0.333. The number of aromatic nitrogens is 2. The zero-order chi connectivity index (χ0) is 14.5. The van der Waals surface area contributed by atoms with E-state index < -0.39 is 0 Å². The van der Waals surface area contributed by atoms with Crippen LogP contribution >= 0.6 is 0 Å². The summed E-state index contributed by atoms with van der Waals surface area (Å²) in [6.07, 6.45) is 0.980. The van der Waals surface area contributed by atoms with E-state index in [1.165, 1.54) is 16.8 Å². The summed E-state index contributed by atoms with van der Waals surface area (Å²) in [5.41, 5.74) is 1.23. The summed E-state index contributed by atoms with van der Waals surface area (Å²) >= 11 is 0. The average Bonchev–Trinajstić information content (AvgIpc) is 2.42. The molecule has 0 spiro atoms. The van der Waals surface area contributed by atoms with Crippen LogP contribution in [-0.2, 0) is 6.54 Å². The van der Waals surface area contributed by atoms with Gasteiger partial charge in [0.2, 0.25) is 5.43 Å². The van der Waals surface area contributed by atoms with Crippen LogP contribution < -0.4 is 10.7 Å². The zero-order valence-corrected chi connectivity index (χ0v) is 11.7. The molecular weight excluding hydrogens is 257 g/mol. The summed E-state index contributed by atoms with van der Waals surface area (Å²) in [4.78, 5) is 11.9. The number of nitrogens with one attached hydrogen (secondary N) is 1. The van der Waals surface area contributed by atoms with E-state index in [9.17, 15) is 9.18 Å². The van der Waals surface area contributed by atoms with Crippen LogP contribution in [0.1, 0.15) is 24.7 Å². The second-order valence-electron chi connectivity index (χ2n) is 4.64. The van der Waals surface area contributed by atoms with Gasteiger partial charge in [-0.2, -0.15) is 5.10 Å². The molecule has 0 radical (unpaired) electrons. The predicted octanol–water partition coefficient (Wildman–Crippen LogP) is 2.18. The average molecular weight is 275 g/mol. The van der Waals surface area contributed by atoms with Gasteiger partial charge in [-0.05, 0) is 32.0 Å². The van der Waals surface area contributed by atoms with Crippen LogP contribution in [0.25, 0.3) is 5.69 Å². The number of hydrogen-bond donors (Lipinski definition) is 1. The van der Waals surface area contributed by atoms with Gasteiger partial charge < -0.3 is 5.32 Å². The summed E-state index contributed by atoms with van der Waals surface area (Å²) in [5.74, 6) is -0.362. The van der Waals surface area contributed by atoms with Crippen molar-refractivity contribution in [1.82, 2.24) is 15.1 Å². The van der Waals surface area contributed by atoms with Crippen molar-refractivity contribution in [2.24, 2.45) is 0 Å². The maximum Gasteiger partial charge on any atom is 0.204 e. The lowest BCUT2D eigenvalue weighted by atomic mass is 10.2. The van der Waals surface area contributed by atoms with Crippen LogP contribution in [-0.4, -0.2) is 16.3 Å². The van der Waals surface area contributed by atoms with Gasteiger partial charge in [0, 0.05) is 18.3 Å². The van der Waals surface area contributed by atoms with E-state index >= 15 is 0 Å². The number of para-hydroxylation sites is 1. The third-order valence-corrected chi connectivity index (χ3v) is 2.98. The summed E-state index contributed by atoms with van der Waals surface area (Å²) in [7, 11) is 0. The second-order valence-corrected chi connectivity index (χ2v) is 4.64. The Kier molecular flexibility index (Phi) is 4.63. The summed E-state index contributed by atoms with van der Waals surface area (Å²) in [6.45, 7) is 4.99. The van der Waals surface area contributed by atoms with Crippen LogP contribution in [0.3, 0.4) is 0 Å². The Bertz CT molecular complexity index is 652. The first-order chi connectivity index (χ1) is 9.63. The molecule has 4 nitrogen and oxygen atoms in total. The fourth-order valence-corrected chi connectivity index (χ4v) is 1.96. The molecule has 0 amide bonds. The first kappa shape index (κ1) is 14.4. The van der Waals surface area contributed by atoms with E-state index in [0.29, 0.717) is 23.6 Å². The molecule has 0 aliphatic carbocycles. The van der Waals surface area contributed by atoms with Gasteiger partial charge in [-0.25, -0.2) is 9.07 Å². The predicted molar refractivity (Wildman–Crippen MR) is 76.5 cm³/mol. The summed E-state index contributed by atoms with van der Waals surface area (Å²) in [5, 5.41) is 7.41. The van der Waals surface area contributed by atoms with Crippen molar-refractivity contribution in [1.29, 1.82) is 0 Å². The molecule has 0 bridgehead atoms. The maximum atomic E-state index is 13.8. The van der Waals surface area contributed by atoms with E-state index in [1.807, 2.05) is 6.92 Å². The highest BCUT2D eigenvalue weighted by Crippen LogP contribution is 2.12. The van der Waals surface area contributed by atoms with Crippen molar-refractivity contribution in [3.63, 3.8) is 0 Å². The molecule has 0 atom stereocenters. The molecule has 1 aromatic heterocycles. The number of nitrogens with zero attached hydrogens (tertiary/aromatic N) is 2. The van der Waals surface area contributed by atoms with E-state index in [0.717, 1.165) is 13.0 Å². The van der Waals surface area contributed by atoms with Crippen LogP contribution in [0.2, 0.25) is 0 Å². The Balaban J connectivity index is 2.41. The number of benzene rings is 1. The van der Waals surface area contributed by atoms with Crippen molar-refractivity contribution in [3.05, 3.63) is 57.8 Å². The monoisotopic (exact) mass is 275 g/mol. The van der Waals surface area contributed by atoms with E-state index in [2.05, 4.69) is 10.4 Å². The standard InChI is InChI=1S/C15H18FN3O/c1-3-8-17-10-13-15(20)9-11(2)19(18-13)14-7-5-4-6-12(14)16/h4-7,9,17H,3,8,10H2,1-2H3. The van der Waals surface area contributed by atoms with Crippen molar-refractivity contribution >= 4 is 0 Å². The second kappa shape index (κ2) is 6.43. The molecule has 0 fully saturated rings. The van der Waals surface area contributed by atoms with Gasteiger partial charge >= 0.3 is 0 Å². The number of rotatable bonds is 5. The van der Waals surface area contributed by atoms with Gasteiger partial charge in [-0.1, -0.05) is 19.1 Å². The highest BCUT2D eigenvalue weighted by Gasteiger charge is 2.10. The Morgan fingerprint density at radius 3 is 2.80 bits per heavy atom. The molecule has 1 heterocycles. The Morgan fingerprint density at radius 2 is 2.10 bits per heavy atom. The SMILES string of the molecule is CCCNCc1nn(-c2ccccc2F)c(C)cc1=O. The fourth-order valence-electron chi connectivity index (χ4n) is 1.96. The number of halogens is 1. The molecule has 1 aromatic carbocycles. The van der Waals surface area contributed by atoms with Gasteiger partial charge in [0.15, 0.2) is 0 Å². The molecule has 20 heavy (non-hydrogen) atoms. The van der Waals surface area contributed by atoms with Gasteiger partial charge in [0.25, 0.3) is 0 Å². The number of hydrogen-bond acceptors (Lipinski definition) is 3. The van der Waals surface area contributed by atoms with Crippen molar-refractivity contribution in [3.8, 4) is 5.69 Å². The zero-order valence-electron chi connectivity index (χ0n) is 11.7. The minimum absolute atomic E-state index is 0.126. The molecule has 0 aliphatic heterocycles. The molecule has 0 saturated carbocycles. The van der Waals surface area contributed by atoms with Gasteiger partial charge in [-0.15, -0.1) is 0 Å². The highest BCUT2D eigenvalue weighted by atomic mass is 19.1. The van der Waals surface area contributed by atoms with Crippen molar-refractivity contribution < 1.29 is 4.39 Å². The van der Waals surface area contributed by atoms with Crippen LogP contribution in [0, 0.1) is 12.7 Å². The molecule has 1 N–H and O–H groups in total. The molecular formula is C15H18FN3O. The third-order valence-electron chi connectivity index (χ3n) is 2.98. The summed E-state index contributed by atoms with van der Waals surface area (Å²) < 4.78 is 15.3. The van der Waals surface area contributed by atoms with Crippen LogP contribution in [0.5, 0.6) is 0 Å². The minimum Gasteiger partial charge on any atom is -0.311 e. The van der Waals surface area contributed by atoms with E-state index in [-0.39, 0.29) is 11.2 Å². The van der Waals surface area contributed by atoms with E-state index in [4.69, 9.17) is 0 Å². The molecule has 0 saturated heterocycles. The van der Waals surface area contributed by atoms with Crippen molar-refractivity contribution in [2.75, 3.05) is 6.54 Å². The molecule has 0 unspecified atom stereocenters. The topological polar surface area (TPSA) is 46.9 Å². The smallest absolute Gasteiger partial charge is 0.204 e. The maximum absolute atomic E-state index is 13.8. The highest BCUT2D eigenvalue weighted by molar-refractivity contribution is 5.34. The van der Waals surface area contributed by atoms with Crippen LogP contribution in [0.4, 0.5) is 4.39 Å². The van der Waals surface area contributed by atoms with Gasteiger partial charge in [0.05, 0.1) is 0 Å². The number of aryl methyl sites for hydroxylation is 1. The quantitative estimate of drug-likeness (QED) is 0.851. The lowest BCUT2D eigenvalue weighted by Crippen LogP contribution is -2.25. The Hall–Kier alpha value is -2.01. The largest absolute Gasteiger partial charge is 0.311 e. The molecule has 106 valence electrons.